The average molecular weight is 316 g/mol. The Balaban J connectivity index is 2.09. The molecule has 0 aliphatic heterocycles. The number of phenolic OH excluding ortho intramolecular Hbond substituents is 1. The summed E-state index contributed by atoms with van der Waals surface area (Å²) in [5.74, 6) is 0.418. The van der Waals surface area contributed by atoms with Crippen LogP contribution in [0.1, 0.15) is 47.9 Å². The highest BCUT2D eigenvalue weighted by Crippen LogP contribution is 2.37. The summed E-state index contributed by atoms with van der Waals surface area (Å²) in [5, 5.41) is 10.6. The molecule has 0 fully saturated rings. The zero-order valence-corrected chi connectivity index (χ0v) is 14.2. The van der Waals surface area contributed by atoms with Gasteiger partial charge >= 0.3 is 0 Å². The second-order valence-electron chi connectivity index (χ2n) is 6.25. The lowest BCUT2D eigenvalue weighted by molar-refractivity contribution is 0.467. The van der Waals surface area contributed by atoms with Gasteiger partial charge in [-0.05, 0) is 35.6 Å². The van der Waals surface area contributed by atoms with Gasteiger partial charge in [-0.2, -0.15) is 0 Å². The standard InChI is InChI=1S/C23H24O/c1-2-3-10-18-15-16-22(24)21(17-18)23(19-11-6-4-7-12-19)20-13-8-5-9-14-20/h4-9,11-17,23-24H,2-3,10H2,1H3. The Bertz CT molecular complexity index is 723. The Morgan fingerprint density at radius 2 is 1.38 bits per heavy atom. The van der Waals surface area contributed by atoms with Crippen molar-refractivity contribution in [2.24, 2.45) is 0 Å². The average Bonchev–Trinajstić information content (AvgIpc) is 2.64. The summed E-state index contributed by atoms with van der Waals surface area (Å²) < 4.78 is 0. The van der Waals surface area contributed by atoms with Crippen molar-refractivity contribution in [3.63, 3.8) is 0 Å². The molecule has 1 heteroatoms. The minimum Gasteiger partial charge on any atom is -0.508 e. The highest BCUT2D eigenvalue weighted by atomic mass is 16.3. The third kappa shape index (κ3) is 3.68. The first-order valence-electron chi connectivity index (χ1n) is 8.71. The molecule has 0 aliphatic carbocycles. The van der Waals surface area contributed by atoms with Gasteiger partial charge in [0.15, 0.2) is 0 Å². The third-order valence-electron chi connectivity index (χ3n) is 4.49. The molecule has 0 bridgehead atoms. The largest absolute Gasteiger partial charge is 0.508 e. The van der Waals surface area contributed by atoms with Gasteiger partial charge in [0.2, 0.25) is 0 Å². The number of hydrogen-bond donors (Lipinski definition) is 1. The summed E-state index contributed by atoms with van der Waals surface area (Å²) >= 11 is 0. The van der Waals surface area contributed by atoms with Gasteiger partial charge in [0.25, 0.3) is 0 Å². The van der Waals surface area contributed by atoms with Crippen LogP contribution in [0.25, 0.3) is 0 Å². The minimum absolute atomic E-state index is 0.0500. The number of rotatable bonds is 6. The third-order valence-corrected chi connectivity index (χ3v) is 4.49. The number of phenols is 1. The Morgan fingerprint density at radius 1 is 0.792 bits per heavy atom. The van der Waals surface area contributed by atoms with Crippen molar-refractivity contribution in [2.75, 3.05) is 0 Å². The molecule has 122 valence electrons. The van der Waals surface area contributed by atoms with E-state index in [0.717, 1.165) is 12.0 Å². The SMILES string of the molecule is CCCCc1ccc(O)c(C(c2ccccc2)c2ccccc2)c1. The molecule has 1 nitrogen and oxygen atoms in total. The number of aromatic hydroxyl groups is 1. The maximum absolute atomic E-state index is 10.6. The van der Waals surface area contributed by atoms with Crippen LogP contribution < -0.4 is 0 Å². The molecular weight excluding hydrogens is 292 g/mol. The molecule has 3 aromatic carbocycles. The molecule has 0 aromatic heterocycles. The first-order chi connectivity index (χ1) is 11.8. The molecule has 0 radical (unpaired) electrons. The lowest BCUT2D eigenvalue weighted by Crippen LogP contribution is -2.04. The number of benzene rings is 3. The van der Waals surface area contributed by atoms with E-state index < -0.39 is 0 Å². The highest BCUT2D eigenvalue weighted by molar-refractivity contribution is 5.49. The fraction of sp³-hybridized carbons (Fsp3) is 0.217. The molecule has 0 saturated carbocycles. The second-order valence-corrected chi connectivity index (χ2v) is 6.25. The summed E-state index contributed by atoms with van der Waals surface area (Å²) in [6.07, 6.45) is 3.41. The summed E-state index contributed by atoms with van der Waals surface area (Å²) in [6, 6.07) is 26.9. The van der Waals surface area contributed by atoms with E-state index in [4.69, 9.17) is 0 Å². The summed E-state index contributed by atoms with van der Waals surface area (Å²) in [4.78, 5) is 0. The zero-order chi connectivity index (χ0) is 16.8. The lowest BCUT2D eigenvalue weighted by atomic mass is 9.84. The van der Waals surface area contributed by atoms with Crippen molar-refractivity contribution < 1.29 is 5.11 Å². The van der Waals surface area contributed by atoms with Gasteiger partial charge in [-0.3, -0.25) is 0 Å². The molecule has 0 amide bonds. The zero-order valence-electron chi connectivity index (χ0n) is 14.2. The van der Waals surface area contributed by atoms with Crippen LogP contribution in [0.15, 0.2) is 78.9 Å². The minimum atomic E-state index is 0.0500. The van der Waals surface area contributed by atoms with E-state index in [-0.39, 0.29) is 5.92 Å². The van der Waals surface area contributed by atoms with Crippen molar-refractivity contribution in [3.05, 3.63) is 101 Å². The molecule has 0 heterocycles. The van der Waals surface area contributed by atoms with Crippen molar-refractivity contribution in [2.45, 2.75) is 32.1 Å². The molecule has 3 rings (SSSR count). The molecule has 1 N–H and O–H groups in total. The smallest absolute Gasteiger partial charge is 0.119 e. The van der Waals surface area contributed by atoms with Crippen LogP contribution in [0, 0.1) is 0 Å². The maximum Gasteiger partial charge on any atom is 0.119 e. The van der Waals surface area contributed by atoms with Gasteiger partial charge in [0, 0.05) is 11.5 Å². The van der Waals surface area contributed by atoms with Crippen molar-refractivity contribution in [1.82, 2.24) is 0 Å². The van der Waals surface area contributed by atoms with E-state index in [9.17, 15) is 5.11 Å². The van der Waals surface area contributed by atoms with Crippen LogP contribution in [0.5, 0.6) is 5.75 Å². The van der Waals surface area contributed by atoms with Gasteiger partial charge in [-0.1, -0.05) is 86.1 Å². The number of hydrogen-bond acceptors (Lipinski definition) is 1. The summed E-state index contributed by atoms with van der Waals surface area (Å²) in [7, 11) is 0. The lowest BCUT2D eigenvalue weighted by Gasteiger charge is -2.21. The van der Waals surface area contributed by atoms with Crippen LogP contribution in [-0.4, -0.2) is 5.11 Å². The van der Waals surface area contributed by atoms with Crippen molar-refractivity contribution in [1.29, 1.82) is 0 Å². The van der Waals surface area contributed by atoms with E-state index >= 15 is 0 Å². The number of unbranched alkanes of at least 4 members (excludes halogenated alkanes) is 1. The molecule has 0 unspecified atom stereocenters. The van der Waals surface area contributed by atoms with E-state index in [1.54, 1.807) is 0 Å². The van der Waals surface area contributed by atoms with Gasteiger partial charge < -0.3 is 5.11 Å². The normalized spacial score (nSPS) is 10.9. The van der Waals surface area contributed by atoms with Gasteiger partial charge in [-0.25, -0.2) is 0 Å². The molecule has 0 aliphatic rings. The Kier molecular flexibility index (Phi) is 5.32. The van der Waals surface area contributed by atoms with Crippen LogP contribution in [-0.2, 0) is 6.42 Å². The van der Waals surface area contributed by atoms with E-state index in [1.165, 1.54) is 29.5 Å². The fourth-order valence-corrected chi connectivity index (χ4v) is 3.21. The van der Waals surface area contributed by atoms with Crippen molar-refractivity contribution >= 4 is 0 Å². The highest BCUT2D eigenvalue weighted by Gasteiger charge is 2.20. The molecule has 0 atom stereocenters. The Hall–Kier alpha value is -2.54. The number of aryl methyl sites for hydroxylation is 1. The predicted octanol–water partition coefficient (Wildman–Crippen LogP) is 5.92. The first kappa shape index (κ1) is 16.3. The predicted molar refractivity (Wildman–Crippen MR) is 101 cm³/mol. The summed E-state index contributed by atoms with van der Waals surface area (Å²) in [6.45, 7) is 2.21. The second kappa shape index (κ2) is 7.83. The van der Waals surface area contributed by atoms with E-state index in [0.29, 0.717) is 5.75 Å². The topological polar surface area (TPSA) is 20.2 Å². The van der Waals surface area contributed by atoms with Crippen LogP contribution >= 0.6 is 0 Å². The monoisotopic (exact) mass is 316 g/mol. The molecule has 3 aromatic rings. The van der Waals surface area contributed by atoms with Crippen LogP contribution in [0.2, 0.25) is 0 Å². The van der Waals surface area contributed by atoms with Crippen molar-refractivity contribution in [3.8, 4) is 5.75 Å². The van der Waals surface area contributed by atoms with Crippen LogP contribution in [0.4, 0.5) is 0 Å². The molecular formula is C23H24O. The first-order valence-corrected chi connectivity index (χ1v) is 8.71. The quantitative estimate of drug-likeness (QED) is 0.560. The summed E-state index contributed by atoms with van der Waals surface area (Å²) in [5.41, 5.74) is 4.68. The van der Waals surface area contributed by atoms with Crippen LogP contribution in [0.3, 0.4) is 0 Å². The van der Waals surface area contributed by atoms with Gasteiger partial charge in [-0.15, -0.1) is 0 Å². The van der Waals surface area contributed by atoms with Gasteiger partial charge in [0.05, 0.1) is 0 Å². The Morgan fingerprint density at radius 3 is 1.92 bits per heavy atom. The van der Waals surface area contributed by atoms with E-state index in [2.05, 4.69) is 61.5 Å². The Labute approximate surface area is 144 Å². The molecule has 0 spiro atoms. The maximum atomic E-state index is 10.6. The molecule has 24 heavy (non-hydrogen) atoms. The van der Waals surface area contributed by atoms with E-state index in [1.807, 2.05) is 24.3 Å². The molecule has 0 saturated heterocycles. The fourth-order valence-electron chi connectivity index (χ4n) is 3.21. The van der Waals surface area contributed by atoms with Gasteiger partial charge in [0.1, 0.15) is 5.75 Å².